The van der Waals surface area contributed by atoms with Gasteiger partial charge in [-0.25, -0.2) is 0 Å². The lowest BCUT2D eigenvalue weighted by atomic mass is 9.93. The first kappa shape index (κ1) is 20.8. The highest BCUT2D eigenvalue weighted by Gasteiger charge is 2.47. The number of hydrogen-bond acceptors (Lipinski definition) is 2. The summed E-state index contributed by atoms with van der Waals surface area (Å²) in [6, 6.07) is 18.6. The summed E-state index contributed by atoms with van der Waals surface area (Å²) >= 11 is 0. The van der Waals surface area contributed by atoms with Crippen molar-refractivity contribution in [3.8, 4) is 0 Å². The molecule has 32 heavy (non-hydrogen) atoms. The zero-order valence-corrected chi connectivity index (χ0v) is 18.9. The molecule has 0 saturated heterocycles. The minimum absolute atomic E-state index is 0.0370. The van der Waals surface area contributed by atoms with Gasteiger partial charge in [-0.2, -0.15) is 0 Å². The zero-order chi connectivity index (χ0) is 22.3. The van der Waals surface area contributed by atoms with E-state index in [-0.39, 0.29) is 17.9 Å². The number of aromatic nitrogens is 1. The third-order valence-corrected chi connectivity index (χ3v) is 7.26. The van der Waals surface area contributed by atoms with Gasteiger partial charge in [0.25, 0.3) is 5.91 Å². The van der Waals surface area contributed by atoms with E-state index in [2.05, 4.69) is 36.5 Å². The van der Waals surface area contributed by atoms with Crippen LogP contribution in [0.25, 0.3) is 10.9 Å². The largest absolute Gasteiger partial charge is 0.351 e. The molecule has 1 saturated carbocycles. The van der Waals surface area contributed by atoms with E-state index in [4.69, 9.17) is 0 Å². The van der Waals surface area contributed by atoms with Gasteiger partial charge in [0.05, 0.1) is 6.54 Å². The standard InChI is InChI=1S/C27H31N3O2/c1-19-11-13-20(14-12-19)15-16-30-25(31)24-17-21-7-3-6-10-23(21)29(24)18-27(30,2)26(32)28-22-8-4-5-9-22/h3,6-7,10-14,17,22H,4-5,8-9,15-16,18H2,1-2H3,(H,28,32)/t27-/m0/s1. The maximum absolute atomic E-state index is 13.7. The van der Waals surface area contributed by atoms with Crippen molar-refractivity contribution >= 4 is 22.7 Å². The Kier molecular flexibility index (Phi) is 5.28. The molecule has 1 aliphatic heterocycles. The SMILES string of the molecule is Cc1ccc(CCN2C(=O)c3cc4ccccc4n3C[C@@]2(C)C(=O)NC2CCCC2)cc1. The highest BCUT2D eigenvalue weighted by Crippen LogP contribution is 2.33. The number of hydrogen-bond donors (Lipinski definition) is 1. The van der Waals surface area contributed by atoms with Crippen LogP contribution in [0.3, 0.4) is 0 Å². The van der Waals surface area contributed by atoms with Crippen molar-refractivity contribution in [1.82, 2.24) is 14.8 Å². The molecule has 2 heterocycles. The summed E-state index contributed by atoms with van der Waals surface area (Å²) in [5.74, 6) is -0.103. The molecule has 0 unspecified atom stereocenters. The number of carbonyl (C=O) groups is 2. The van der Waals surface area contributed by atoms with Gasteiger partial charge in [0.15, 0.2) is 0 Å². The van der Waals surface area contributed by atoms with Crippen LogP contribution in [0.4, 0.5) is 0 Å². The summed E-state index contributed by atoms with van der Waals surface area (Å²) < 4.78 is 2.04. The van der Waals surface area contributed by atoms with E-state index in [1.807, 2.05) is 46.7 Å². The fourth-order valence-electron chi connectivity index (χ4n) is 5.26. The van der Waals surface area contributed by atoms with Gasteiger partial charge >= 0.3 is 0 Å². The van der Waals surface area contributed by atoms with Crippen LogP contribution < -0.4 is 5.32 Å². The minimum atomic E-state index is -0.931. The first-order valence-corrected chi connectivity index (χ1v) is 11.7. The first-order chi connectivity index (χ1) is 15.5. The summed E-state index contributed by atoms with van der Waals surface area (Å²) in [7, 11) is 0. The van der Waals surface area contributed by atoms with Gasteiger partial charge < -0.3 is 14.8 Å². The number of rotatable bonds is 5. The van der Waals surface area contributed by atoms with Crippen LogP contribution in [-0.2, 0) is 17.8 Å². The maximum Gasteiger partial charge on any atom is 0.271 e. The summed E-state index contributed by atoms with van der Waals surface area (Å²) in [4.78, 5) is 29.2. The van der Waals surface area contributed by atoms with Crippen molar-refractivity contribution in [2.24, 2.45) is 0 Å². The molecule has 0 radical (unpaired) electrons. The average Bonchev–Trinajstić information content (AvgIpc) is 3.43. The fourth-order valence-corrected chi connectivity index (χ4v) is 5.26. The van der Waals surface area contributed by atoms with Crippen molar-refractivity contribution in [3.63, 3.8) is 0 Å². The minimum Gasteiger partial charge on any atom is -0.351 e. The second kappa shape index (κ2) is 8.12. The quantitative estimate of drug-likeness (QED) is 0.651. The molecule has 0 bridgehead atoms. The molecule has 5 nitrogen and oxygen atoms in total. The van der Waals surface area contributed by atoms with Gasteiger partial charge in [-0.15, -0.1) is 0 Å². The average molecular weight is 430 g/mol. The highest BCUT2D eigenvalue weighted by atomic mass is 16.2. The first-order valence-electron chi connectivity index (χ1n) is 11.7. The predicted molar refractivity (Wildman–Crippen MR) is 127 cm³/mol. The van der Waals surface area contributed by atoms with E-state index < -0.39 is 5.54 Å². The highest BCUT2D eigenvalue weighted by molar-refractivity contribution is 6.03. The number of nitrogens with zero attached hydrogens (tertiary/aromatic N) is 2. The van der Waals surface area contributed by atoms with Crippen molar-refractivity contribution < 1.29 is 9.59 Å². The van der Waals surface area contributed by atoms with Crippen molar-refractivity contribution in [2.75, 3.05) is 6.54 Å². The molecule has 2 aromatic carbocycles. The monoisotopic (exact) mass is 429 g/mol. The molecular weight excluding hydrogens is 398 g/mol. The second-order valence-corrected chi connectivity index (χ2v) is 9.60. The third kappa shape index (κ3) is 3.60. The topological polar surface area (TPSA) is 54.3 Å². The van der Waals surface area contributed by atoms with E-state index in [0.29, 0.717) is 18.8 Å². The summed E-state index contributed by atoms with van der Waals surface area (Å²) in [6.07, 6.45) is 5.08. The molecule has 5 heteroatoms. The van der Waals surface area contributed by atoms with Gasteiger partial charge in [-0.1, -0.05) is 60.9 Å². The van der Waals surface area contributed by atoms with E-state index in [1.54, 1.807) is 0 Å². The predicted octanol–water partition coefficient (Wildman–Crippen LogP) is 4.47. The van der Waals surface area contributed by atoms with Gasteiger partial charge in [-0.3, -0.25) is 9.59 Å². The van der Waals surface area contributed by atoms with Crippen LogP contribution in [-0.4, -0.2) is 39.4 Å². The fraction of sp³-hybridized carbons (Fsp3) is 0.407. The van der Waals surface area contributed by atoms with Crippen LogP contribution in [0.1, 0.15) is 54.2 Å². The number of carbonyl (C=O) groups excluding carboxylic acids is 2. The molecule has 1 atom stereocenters. The normalized spacial score (nSPS) is 21.2. The van der Waals surface area contributed by atoms with Gasteiger partial charge in [0, 0.05) is 23.5 Å². The molecule has 0 spiro atoms. The maximum atomic E-state index is 13.7. The van der Waals surface area contributed by atoms with Crippen LogP contribution in [0, 0.1) is 6.92 Å². The van der Waals surface area contributed by atoms with Gasteiger partial charge in [0.1, 0.15) is 11.2 Å². The number of fused-ring (bicyclic) bond motifs is 3. The molecule has 3 aromatic rings. The van der Waals surface area contributed by atoms with E-state index >= 15 is 0 Å². The Balaban J connectivity index is 1.50. The Bertz CT molecular complexity index is 1160. The lowest BCUT2D eigenvalue weighted by molar-refractivity contribution is -0.133. The number of amides is 2. The lowest BCUT2D eigenvalue weighted by Gasteiger charge is -2.44. The Labute approximate surface area is 189 Å². The van der Waals surface area contributed by atoms with Crippen LogP contribution in [0.2, 0.25) is 0 Å². The Hall–Kier alpha value is -3.08. The van der Waals surface area contributed by atoms with Crippen molar-refractivity contribution in [2.45, 2.75) is 64.1 Å². The Morgan fingerprint density at radius 1 is 1.09 bits per heavy atom. The molecule has 1 N–H and O–H groups in total. The number of benzene rings is 2. The molecule has 1 fully saturated rings. The number of nitrogens with one attached hydrogen (secondary N) is 1. The molecule has 5 rings (SSSR count). The smallest absolute Gasteiger partial charge is 0.271 e. The molecule has 2 aliphatic rings. The summed E-state index contributed by atoms with van der Waals surface area (Å²) in [5.41, 5.74) is 3.13. The summed E-state index contributed by atoms with van der Waals surface area (Å²) in [6.45, 7) is 4.98. The molecule has 1 aliphatic carbocycles. The van der Waals surface area contributed by atoms with Crippen LogP contribution in [0.15, 0.2) is 54.6 Å². The van der Waals surface area contributed by atoms with Gasteiger partial charge in [-0.05, 0) is 50.8 Å². The Morgan fingerprint density at radius 2 is 1.81 bits per heavy atom. The van der Waals surface area contributed by atoms with Crippen molar-refractivity contribution in [1.29, 1.82) is 0 Å². The second-order valence-electron chi connectivity index (χ2n) is 9.60. The molecule has 1 aromatic heterocycles. The number of para-hydroxylation sites is 1. The zero-order valence-electron chi connectivity index (χ0n) is 18.9. The van der Waals surface area contributed by atoms with E-state index in [9.17, 15) is 9.59 Å². The lowest BCUT2D eigenvalue weighted by Crippen LogP contribution is -2.65. The molecule has 2 amide bonds. The Morgan fingerprint density at radius 3 is 2.56 bits per heavy atom. The third-order valence-electron chi connectivity index (χ3n) is 7.26. The van der Waals surface area contributed by atoms with Crippen LogP contribution >= 0.6 is 0 Å². The molecular formula is C27H31N3O2. The summed E-state index contributed by atoms with van der Waals surface area (Å²) in [5, 5.41) is 4.31. The van der Waals surface area contributed by atoms with E-state index in [0.717, 1.165) is 43.0 Å². The number of aryl methyl sites for hydroxylation is 1. The van der Waals surface area contributed by atoms with Crippen LogP contribution in [0.5, 0.6) is 0 Å². The van der Waals surface area contributed by atoms with Crippen molar-refractivity contribution in [3.05, 3.63) is 71.4 Å². The molecule has 166 valence electrons. The van der Waals surface area contributed by atoms with E-state index in [1.165, 1.54) is 11.1 Å². The van der Waals surface area contributed by atoms with Gasteiger partial charge in [0.2, 0.25) is 5.91 Å².